The minimum Gasteiger partial charge on any atom is -0.475 e. The third-order valence-corrected chi connectivity index (χ3v) is 6.64. The summed E-state index contributed by atoms with van der Waals surface area (Å²) >= 11 is 0. The quantitative estimate of drug-likeness (QED) is 0.372. The predicted molar refractivity (Wildman–Crippen MR) is 146 cm³/mol. The van der Waals surface area contributed by atoms with Crippen molar-refractivity contribution in [3.8, 4) is 28.4 Å². The van der Waals surface area contributed by atoms with Crippen LogP contribution in [0, 0.1) is 12.7 Å². The molecule has 10 heteroatoms. The van der Waals surface area contributed by atoms with E-state index in [2.05, 4.69) is 14.9 Å². The number of amides is 1. The summed E-state index contributed by atoms with van der Waals surface area (Å²) in [7, 11) is 0. The Balaban J connectivity index is 1.29. The number of benzene rings is 2. The first-order valence-electron chi connectivity index (χ1n) is 12.9. The number of carbonyl (C=O) groups is 1. The average molecular weight is 531 g/mol. The highest BCUT2D eigenvalue weighted by atomic mass is 19.1. The number of aromatic nitrogens is 4. The molecule has 1 saturated heterocycles. The first-order valence-corrected chi connectivity index (χ1v) is 12.9. The Labute approximate surface area is 226 Å². The number of anilines is 1. The molecule has 1 fully saturated rings. The molecule has 1 N–H and O–H groups in total. The molecule has 1 aliphatic heterocycles. The zero-order chi connectivity index (χ0) is 27.4. The predicted octanol–water partition coefficient (Wildman–Crippen LogP) is 3.56. The maximum Gasteiger partial charge on any atom is 0.244 e. The minimum atomic E-state index is -0.592. The standard InChI is InChI=1S/C29H31FN6O3/c1-20-14-23(8-9-24(20)30)25-15-26(22-6-4-3-5-7-22)36(33-25)17-29(38)35-12-10-34(11-13-35)27-16-28(32-19-31-27)39-18-21(2)37/h3-9,14-16,19,21,37H,10-13,17-18H2,1-2H3. The molecule has 5 rings (SSSR count). The molecular formula is C29H31FN6O3. The first kappa shape index (κ1) is 26.3. The van der Waals surface area contributed by atoms with Crippen LogP contribution in [0.5, 0.6) is 5.88 Å². The second-order valence-corrected chi connectivity index (χ2v) is 9.64. The Kier molecular flexibility index (Phi) is 7.83. The largest absolute Gasteiger partial charge is 0.475 e. The Bertz CT molecular complexity index is 1430. The molecule has 1 aliphatic rings. The van der Waals surface area contributed by atoms with E-state index in [0.29, 0.717) is 43.3 Å². The number of aliphatic hydroxyl groups is 1. The molecular weight excluding hydrogens is 499 g/mol. The van der Waals surface area contributed by atoms with Crippen molar-refractivity contribution in [2.24, 2.45) is 0 Å². The smallest absolute Gasteiger partial charge is 0.244 e. The molecule has 4 aromatic rings. The van der Waals surface area contributed by atoms with Crippen molar-refractivity contribution < 1.29 is 19.0 Å². The van der Waals surface area contributed by atoms with Gasteiger partial charge in [-0.25, -0.2) is 14.4 Å². The van der Waals surface area contributed by atoms with Gasteiger partial charge in [-0.3, -0.25) is 9.48 Å². The fourth-order valence-electron chi connectivity index (χ4n) is 4.52. The molecule has 0 radical (unpaired) electrons. The van der Waals surface area contributed by atoms with Crippen LogP contribution >= 0.6 is 0 Å². The van der Waals surface area contributed by atoms with Crippen molar-refractivity contribution in [3.63, 3.8) is 0 Å². The normalized spacial score (nSPS) is 14.4. The fraction of sp³-hybridized carbons (Fsp3) is 0.310. The lowest BCUT2D eigenvalue weighted by molar-refractivity contribution is -0.132. The number of halogens is 1. The highest BCUT2D eigenvalue weighted by Crippen LogP contribution is 2.28. The topological polar surface area (TPSA) is 96.6 Å². The van der Waals surface area contributed by atoms with Crippen molar-refractivity contribution >= 4 is 11.7 Å². The highest BCUT2D eigenvalue weighted by molar-refractivity contribution is 5.78. The Morgan fingerprint density at radius 1 is 1.03 bits per heavy atom. The summed E-state index contributed by atoms with van der Waals surface area (Å²) in [5, 5.41) is 14.2. The van der Waals surface area contributed by atoms with Crippen LogP contribution in [0.15, 0.2) is 67.0 Å². The van der Waals surface area contributed by atoms with Crippen LogP contribution in [0.2, 0.25) is 0 Å². The number of piperazine rings is 1. The van der Waals surface area contributed by atoms with Gasteiger partial charge in [0.1, 0.15) is 31.1 Å². The molecule has 0 spiro atoms. The van der Waals surface area contributed by atoms with E-state index >= 15 is 0 Å². The maximum atomic E-state index is 13.9. The maximum absolute atomic E-state index is 13.9. The van der Waals surface area contributed by atoms with Gasteiger partial charge in [-0.1, -0.05) is 30.3 Å². The molecule has 2 aromatic heterocycles. The number of aryl methyl sites for hydroxylation is 1. The number of ether oxygens (including phenoxy) is 1. The summed E-state index contributed by atoms with van der Waals surface area (Å²) in [5.41, 5.74) is 3.80. The number of carbonyl (C=O) groups excluding carboxylic acids is 1. The second-order valence-electron chi connectivity index (χ2n) is 9.64. The Hall–Kier alpha value is -4.31. The van der Waals surface area contributed by atoms with Crippen LogP contribution in [-0.2, 0) is 11.3 Å². The number of hydrogen-bond acceptors (Lipinski definition) is 7. The van der Waals surface area contributed by atoms with E-state index in [-0.39, 0.29) is 24.9 Å². The number of rotatable bonds is 8. The molecule has 202 valence electrons. The second kappa shape index (κ2) is 11.6. The summed E-state index contributed by atoms with van der Waals surface area (Å²) in [6.07, 6.45) is 0.846. The lowest BCUT2D eigenvalue weighted by Crippen LogP contribution is -2.50. The number of nitrogens with zero attached hydrogens (tertiary/aromatic N) is 6. The molecule has 0 aliphatic carbocycles. The van der Waals surface area contributed by atoms with Crippen molar-refractivity contribution in [2.75, 3.05) is 37.7 Å². The molecule has 1 amide bonds. The van der Waals surface area contributed by atoms with E-state index in [9.17, 15) is 14.3 Å². The van der Waals surface area contributed by atoms with Crippen molar-refractivity contribution in [1.29, 1.82) is 0 Å². The van der Waals surface area contributed by atoms with E-state index in [0.717, 1.165) is 22.6 Å². The minimum absolute atomic E-state index is 0.0274. The average Bonchev–Trinajstić information content (AvgIpc) is 3.37. The van der Waals surface area contributed by atoms with Crippen LogP contribution in [-0.4, -0.2) is 74.6 Å². The lowest BCUT2D eigenvalue weighted by Gasteiger charge is -2.35. The van der Waals surface area contributed by atoms with Crippen LogP contribution < -0.4 is 9.64 Å². The SMILES string of the molecule is Cc1cc(-c2cc(-c3ccccc3)n(CC(=O)N3CCN(c4cc(OCC(C)O)ncn4)CC3)n2)ccc1F. The highest BCUT2D eigenvalue weighted by Gasteiger charge is 2.24. The number of hydrogen-bond donors (Lipinski definition) is 1. The Morgan fingerprint density at radius 2 is 1.79 bits per heavy atom. The van der Waals surface area contributed by atoms with Crippen molar-refractivity contribution in [2.45, 2.75) is 26.5 Å². The van der Waals surface area contributed by atoms with E-state index in [1.807, 2.05) is 41.3 Å². The summed E-state index contributed by atoms with van der Waals surface area (Å²) in [4.78, 5) is 25.7. The van der Waals surface area contributed by atoms with Crippen LogP contribution in [0.25, 0.3) is 22.5 Å². The Morgan fingerprint density at radius 3 is 2.51 bits per heavy atom. The summed E-state index contributed by atoms with van der Waals surface area (Å²) in [5.74, 6) is 0.829. The van der Waals surface area contributed by atoms with Gasteiger partial charge in [-0.05, 0) is 49.2 Å². The summed E-state index contributed by atoms with van der Waals surface area (Å²) in [6, 6.07) is 18.4. The van der Waals surface area contributed by atoms with E-state index in [1.165, 1.54) is 12.4 Å². The molecule has 0 saturated carbocycles. The molecule has 9 nitrogen and oxygen atoms in total. The van der Waals surface area contributed by atoms with Gasteiger partial charge >= 0.3 is 0 Å². The molecule has 1 unspecified atom stereocenters. The van der Waals surface area contributed by atoms with Gasteiger partial charge < -0.3 is 19.6 Å². The van der Waals surface area contributed by atoms with E-state index < -0.39 is 6.10 Å². The zero-order valence-electron chi connectivity index (χ0n) is 22.0. The van der Waals surface area contributed by atoms with Gasteiger partial charge in [0, 0.05) is 37.8 Å². The monoisotopic (exact) mass is 530 g/mol. The molecule has 3 heterocycles. The molecule has 2 aromatic carbocycles. The van der Waals surface area contributed by atoms with E-state index in [4.69, 9.17) is 9.84 Å². The van der Waals surface area contributed by atoms with Gasteiger partial charge in [-0.15, -0.1) is 0 Å². The fourth-order valence-corrected chi connectivity index (χ4v) is 4.52. The van der Waals surface area contributed by atoms with Crippen LogP contribution in [0.3, 0.4) is 0 Å². The van der Waals surface area contributed by atoms with Crippen molar-refractivity contribution in [3.05, 3.63) is 78.4 Å². The third-order valence-electron chi connectivity index (χ3n) is 6.64. The van der Waals surface area contributed by atoms with Gasteiger partial charge in [0.25, 0.3) is 0 Å². The molecule has 0 bridgehead atoms. The van der Waals surface area contributed by atoms with Gasteiger partial charge in [0.05, 0.1) is 17.5 Å². The van der Waals surface area contributed by atoms with Crippen LogP contribution in [0.4, 0.5) is 10.2 Å². The molecule has 39 heavy (non-hydrogen) atoms. The van der Waals surface area contributed by atoms with E-state index in [1.54, 1.807) is 36.7 Å². The molecule has 1 atom stereocenters. The number of aliphatic hydroxyl groups excluding tert-OH is 1. The van der Waals surface area contributed by atoms with Gasteiger partial charge in [0.2, 0.25) is 11.8 Å². The third kappa shape index (κ3) is 6.23. The zero-order valence-corrected chi connectivity index (χ0v) is 22.0. The first-order chi connectivity index (χ1) is 18.9. The van der Waals surface area contributed by atoms with Gasteiger partial charge in [-0.2, -0.15) is 5.10 Å². The summed E-state index contributed by atoms with van der Waals surface area (Å²) in [6.45, 7) is 5.93. The van der Waals surface area contributed by atoms with Crippen LogP contribution in [0.1, 0.15) is 12.5 Å². The van der Waals surface area contributed by atoms with Gasteiger partial charge in [0.15, 0.2) is 0 Å². The van der Waals surface area contributed by atoms with Crippen molar-refractivity contribution in [1.82, 2.24) is 24.6 Å². The summed E-state index contributed by atoms with van der Waals surface area (Å²) < 4.78 is 21.1. The lowest BCUT2D eigenvalue weighted by atomic mass is 10.1.